The Balaban J connectivity index is 1.54. The summed E-state index contributed by atoms with van der Waals surface area (Å²) in [5.74, 6) is -1.23. The lowest BCUT2D eigenvalue weighted by atomic mass is 9.91. The molecule has 0 fully saturated rings. The van der Waals surface area contributed by atoms with Crippen LogP contribution in [0.2, 0.25) is 0 Å². The summed E-state index contributed by atoms with van der Waals surface area (Å²) in [6, 6.07) is 17.2. The Morgan fingerprint density at radius 2 is 1.93 bits per heavy atom. The fourth-order valence-electron chi connectivity index (χ4n) is 5.23. The van der Waals surface area contributed by atoms with Gasteiger partial charge in [-0.1, -0.05) is 42.0 Å². The molecule has 1 aliphatic rings. The number of aryl methyl sites for hydroxylation is 1. The lowest BCUT2D eigenvalue weighted by Crippen LogP contribution is -2.35. The van der Waals surface area contributed by atoms with Gasteiger partial charge in [0, 0.05) is 29.6 Å². The topological polar surface area (TPSA) is 124 Å². The smallest absolute Gasteiger partial charge is 0.251 e. The molecule has 42 heavy (non-hydrogen) atoms. The van der Waals surface area contributed by atoms with Crippen molar-refractivity contribution in [2.75, 3.05) is 0 Å². The number of fused-ring (bicyclic) bond motifs is 1. The third-order valence-corrected chi connectivity index (χ3v) is 8.02. The summed E-state index contributed by atoms with van der Waals surface area (Å²) in [6.45, 7) is 1.51. The minimum Gasteiger partial charge on any atom is -0.346 e. The van der Waals surface area contributed by atoms with Crippen LogP contribution in [0.1, 0.15) is 30.1 Å². The van der Waals surface area contributed by atoms with Crippen LogP contribution in [0.15, 0.2) is 106 Å². The molecule has 11 heteroatoms. The van der Waals surface area contributed by atoms with Crippen LogP contribution in [0, 0.1) is 6.92 Å². The van der Waals surface area contributed by atoms with E-state index in [9.17, 15) is 26.8 Å². The molecule has 2 atom stereocenters. The normalized spacial score (nSPS) is 16.0. The Morgan fingerprint density at radius 1 is 1.14 bits per heavy atom. The van der Waals surface area contributed by atoms with Gasteiger partial charge in [0.2, 0.25) is 15.9 Å². The maximum Gasteiger partial charge on any atom is 0.251 e. The third kappa shape index (κ3) is 6.37. The summed E-state index contributed by atoms with van der Waals surface area (Å²) in [4.78, 5) is 30.8. The first-order chi connectivity index (χ1) is 20.0. The first-order valence-electron chi connectivity index (χ1n) is 13.2. The van der Waals surface area contributed by atoms with Gasteiger partial charge in [-0.25, -0.2) is 22.3 Å². The number of hydrogen-bond donors (Lipinski definition) is 2. The SMILES string of the molecule is Cc1cc(=O)n(CC(=O)NC(CC2=CC(F)=CC(F)C2)c2ncccc2-c2cccc(S(N)(=O)=O)c2)c2ccccc12. The molecule has 0 spiro atoms. The second kappa shape index (κ2) is 11.8. The summed E-state index contributed by atoms with van der Waals surface area (Å²) in [6.07, 6.45) is 2.07. The highest BCUT2D eigenvalue weighted by Crippen LogP contribution is 2.34. The molecule has 8 nitrogen and oxygen atoms in total. The van der Waals surface area contributed by atoms with E-state index in [4.69, 9.17) is 5.14 Å². The number of carbonyl (C=O) groups is 1. The molecule has 2 aromatic carbocycles. The minimum atomic E-state index is -4.00. The zero-order chi connectivity index (χ0) is 30.0. The number of nitrogens with two attached hydrogens (primary N) is 1. The Hall–Kier alpha value is -4.48. The van der Waals surface area contributed by atoms with Gasteiger partial charge in [0.25, 0.3) is 5.56 Å². The van der Waals surface area contributed by atoms with Gasteiger partial charge in [-0.3, -0.25) is 19.1 Å². The number of nitrogens with zero attached hydrogens (tertiary/aromatic N) is 2. The molecular formula is C31H28F2N4O4S. The zero-order valence-electron chi connectivity index (χ0n) is 22.6. The van der Waals surface area contributed by atoms with Gasteiger partial charge in [-0.15, -0.1) is 0 Å². The average molecular weight is 591 g/mol. The Labute approximate surface area is 241 Å². The van der Waals surface area contributed by atoms with E-state index in [2.05, 4.69) is 10.3 Å². The molecule has 0 aliphatic heterocycles. The van der Waals surface area contributed by atoms with Gasteiger partial charge in [0.05, 0.1) is 22.1 Å². The van der Waals surface area contributed by atoms with Crippen LogP contribution in [0.3, 0.4) is 0 Å². The van der Waals surface area contributed by atoms with Crippen LogP contribution in [0.25, 0.3) is 22.0 Å². The van der Waals surface area contributed by atoms with E-state index >= 15 is 0 Å². The van der Waals surface area contributed by atoms with E-state index in [1.54, 1.807) is 30.3 Å². The van der Waals surface area contributed by atoms with Gasteiger partial charge in [-0.05, 0) is 60.9 Å². The van der Waals surface area contributed by atoms with Crippen molar-refractivity contribution in [3.05, 3.63) is 118 Å². The summed E-state index contributed by atoms with van der Waals surface area (Å²) < 4.78 is 53.8. The van der Waals surface area contributed by atoms with Crippen molar-refractivity contribution in [2.24, 2.45) is 5.14 Å². The first kappa shape index (κ1) is 29.0. The van der Waals surface area contributed by atoms with Gasteiger partial charge < -0.3 is 5.32 Å². The number of allylic oxidation sites excluding steroid dienone is 3. The third-order valence-electron chi connectivity index (χ3n) is 7.11. The van der Waals surface area contributed by atoms with Crippen molar-refractivity contribution >= 4 is 26.8 Å². The first-order valence-corrected chi connectivity index (χ1v) is 14.7. The predicted molar refractivity (Wildman–Crippen MR) is 156 cm³/mol. The van der Waals surface area contributed by atoms with Crippen LogP contribution in [0.5, 0.6) is 0 Å². The maximum atomic E-state index is 14.2. The number of nitrogens with one attached hydrogen (secondary N) is 1. The van der Waals surface area contributed by atoms with E-state index < -0.39 is 34.0 Å². The Morgan fingerprint density at radius 3 is 2.69 bits per heavy atom. The molecule has 1 aliphatic carbocycles. The average Bonchev–Trinajstić information content (AvgIpc) is 2.94. The molecule has 0 radical (unpaired) electrons. The number of carbonyl (C=O) groups excluding carboxylic acids is 1. The number of rotatable bonds is 8. The second-order valence-corrected chi connectivity index (χ2v) is 11.7. The van der Waals surface area contributed by atoms with Gasteiger partial charge in [0.1, 0.15) is 18.5 Å². The van der Waals surface area contributed by atoms with Crippen molar-refractivity contribution in [3.8, 4) is 11.1 Å². The number of hydrogen-bond acceptors (Lipinski definition) is 5. The fraction of sp³-hybridized carbons (Fsp3) is 0.194. The van der Waals surface area contributed by atoms with Crippen LogP contribution in [-0.2, 0) is 21.4 Å². The van der Waals surface area contributed by atoms with Crippen LogP contribution < -0.4 is 16.0 Å². The molecule has 4 aromatic rings. The van der Waals surface area contributed by atoms with E-state index in [1.807, 2.05) is 19.1 Å². The van der Waals surface area contributed by atoms with Crippen LogP contribution in [0.4, 0.5) is 8.78 Å². The highest BCUT2D eigenvalue weighted by molar-refractivity contribution is 7.89. The van der Waals surface area contributed by atoms with E-state index in [-0.39, 0.29) is 29.8 Å². The number of amides is 1. The fourth-order valence-corrected chi connectivity index (χ4v) is 5.79. The Kier molecular flexibility index (Phi) is 8.15. The highest BCUT2D eigenvalue weighted by Gasteiger charge is 2.25. The minimum absolute atomic E-state index is 0.0237. The zero-order valence-corrected chi connectivity index (χ0v) is 23.4. The quantitative estimate of drug-likeness (QED) is 0.306. The standard InChI is InChI=1S/C31H28F2N4O4S/c1-19-12-30(39)37(28-10-3-2-8-25(19)28)18-29(38)36-27(15-20-13-22(32)17-23(33)14-20)31-26(9-5-11-35-31)21-6-4-7-24(16-21)42(34,40)41/h2-13,16-17,23,27H,14-15,18H2,1H3,(H,36,38)(H2,34,40,41). The molecule has 216 valence electrons. The monoisotopic (exact) mass is 590 g/mol. The number of benzene rings is 2. The van der Waals surface area contributed by atoms with Gasteiger partial charge in [0.15, 0.2) is 0 Å². The molecule has 2 aromatic heterocycles. The molecular weight excluding hydrogens is 562 g/mol. The van der Waals surface area contributed by atoms with Crippen molar-refractivity contribution in [2.45, 2.75) is 43.4 Å². The summed E-state index contributed by atoms with van der Waals surface area (Å²) in [7, 11) is -4.00. The number of sulfonamides is 1. The molecule has 1 amide bonds. The van der Waals surface area contributed by atoms with Gasteiger partial charge >= 0.3 is 0 Å². The van der Waals surface area contributed by atoms with Gasteiger partial charge in [-0.2, -0.15) is 0 Å². The summed E-state index contributed by atoms with van der Waals surface area (Å²) in [5.41, 5.74) is 2.76. The largest absolute Gasteiger partial charge is 0.346 e. The molecule has 0 saturated carbocycles. The maximum absolute atomic E-state index is 14.2. The van der Waals surface area contributed by atoms with E-state index in [1.165, 1.54) is 41.1 Å². The van der Waals surface area contributed by atoms with Crippen LogP contribution >= 0.6 is 0 Å². The predicted octanol–water partition coefficient (Wildman–Crippen LogP) is 4.79. The lowest BCUT2D eigenvalue weighted by Gasteiger charge is -2.24. The van der Waals surface area contributed by atoms with Crippen LogP contribution in [-0.4, -0.2) is 30.0 Å². The van der Waals surface area contributed by atoms with Crippen molar-refractivity contribution in [3.63, 3.8) is 0 Å². The molecule has 0 saturated heterocycles. The van der Waals surface area contributed by atoms with Crippen molar-refractivity contribution in [1.82, 2.24) is 14.9 Å². The van der Waals surface area contributed by atoms with E-state index in [0.717, 1.165) is 17.0 Å². The number of primary sulfonamides is 1. The van der Waals surface area contributed by atoms with Crippen molar-refractivity contribution < 1.29 is 22.0 Å². The summed E-state index contributed by atoms with van der Waals surface area (Å²) in [5, 5.41) is 9.08. The number of para-hydroxylation sites is 1. The second-order valence-electron chi connectivity index (χ2n) is 10.2. The molecule has 0 bridgehead atoms. The number of halogens is 2. The molecule has 2 unspecified atom stereocenters. The molecule has 3 N–H and O–H groups in total. The Bertz CT molecular complexity index is 1920. The molecule has 5 rings (SSSR count). The summed E-state index contributed by atoms with van der Waals surface area (Å²) >= 11 is 0. The lowest BCUT2D eigenvalue weighted by molar-refractivity contribution is -0.122. The number of aromatic nitrogens is 2. The molecule has 2 heterocycles. The van der Waals surface area contributed by atoms with E-state index in [0.29, 0.717) is 27.9 Å². The number of alkyl halides is 1. The van der Waals surface area contributed by atoms with Crippen molar-refractivity contribution in [1.29, 1.82) is 0 Å². The highest BCUT2D eigenvalue weighted by atomic mass is 32.2. The number of pyridine rings is 2.